The molecule has 0 radical (unpaired) electrons. The largest absolute Gasteiger partial charge is 0.349 e. The molecule has 0 aliphatic heterocycles. The third-order valence-electron chi connectivity index (χ3n) is 5.71. The number of carbonyl (C=O) groups excluding carboxylic acids is 1. The summed E-state index contributed by atoms with van der Waals surface area (Å²) >= 11 is 0. The van der Waals surface area contributed by atoms with Gasteiger partial charge in [-0.15, -0.1) is 0 Å². The summed E-state index contributed by atoms with van der Waals surface area (Å²) in [6.45, 7) is 4.18. The molecule has 1 amide bonds. The highest BCUT2D eigenvalue weighted by atomic mass is 16.1. The number of nitrogens with two attached hydrogens (primary N) is 1. The second-order valence-electron chi connectivity index (χ2n) is 7.94. The number of carbonyl (C=O) groups is 1. The first-order valence-electron chi connectivity index (χ1n) is 10.3. The summed E-state index contributed by atoms with van der Waals surface area (Å²) in [5, 5.41) is 3.21. The zero-order chi connectivity index (χ0) is 19.2. The van der Waals surface area contributed by atoms with Crippen LogP contribution in [0, 0.1) is 6.92 Å². The smallest absolute Gasteiger partial charge is 0.251 e. The molecular formula is C24H32N2O. The summed E-state index contributed by atoms with van der Waals surface area (Å²) in [6, 6.07) is 15.2. The number of amides is 1. The number of fused-ring (bicyclic) bond motifs is 1. The Balaban J connectivity index is 1.55. The van der Waals surface area contributed by atoms with Gasteiger partial charge in [-0.1, -0.05) is 42.8 Å². The molecule has 27 heavy (non-hydrogen) atoms. The van der Waals surface area contributed by atoms with Crippen LogP contribution in [0.4, 0.5) is 0 Å². The van der Waals surface area contributed by atoms with Crippen LogP contribution in [-0.2, 0) is 19.3 Å². The summed E-state index contributed by atoms with van der Waals surface area (Å²) in [5.74, 6) is 0.0346. The van der Waals surface area contributed by atoms with E-state index in [1.54, 1.807) is 0 Å². The van der Waals surface area contributed by atoms with Gasteiger partial charge in [-0.3, -0.25) is 4.79 Å². The maximum absolute atomic E-state index is 12.5. The highest BCUT2D eigenvalue weighted by Gasteiger charge is 2.21. The maximum atomic E-state index is 12.5. The summed E-state index contributed by atoms with van der Waals surface area (Å²) in [6.07, 6.45) is 7.39. The highest BCUT2D eigenvalue weighted by Crippen LogP contribution is 2.24. The Morgan fingerprint density at radius 3 is 2.70 bits per heavy atom. The first-order valence-corrected chi connectivity index (χ1v) is 10.3. The molecule has 0 bridgehead atoms. The van der Waals surface area contributed by atoms with Crippen LogP contribution >= 0.6 is 0 Å². The van der Waals surface area contributed by atoms with Crippen molar-refractivity contribution in [2.45, 2.75) is 70.9 Å². The van der Waals surface area contributed by atoms with Crippen molar-refractivity contribution in [3.63, 3.8) is 0 Å². The molecule has 0 spiro atoms. The summed E-state index contributed by atoms with van der Waals surface area (Å²) < 4.78 is 0. The van der Waals surface area contributed by atoms with Gasteiger partial charge in [-0.2, -0.15) is 0 Å². The number of hydrogen-bond acceptors (Lipinski definition) is 2. The van der Waals surface area contributed by atoms with Gasteiger partial charge in [0.15, 0.2) is 0 Å². The lowest BCUT2D eigenvalue weighted by atomic mass is 9.86. The topological polar surface area (TPSA) is 55.1 Å². The molecule has 2 aromatic rings. The molecular weight excluding hydrogens is 332 g/mol. The summed E-state index contributed by atoms with van der Waals surface area (Å²) in [7, 11) is 0. The van der Waals surface area contributed by atoms with E-state index in [1.165, 1.54) is 22.3 Å². The molecule has 3 N–H and O–H groups in total. The van der Waals surface area contributed by atoms with E-state index in [4.69, 9.17) is 5.73 Å². The van der Waals surface area contributed by atoms with Gasteiger partial charge in [0.05, 0.1) is 0 Å². The molecule has 0 heterocycles. The Kier molecular flexibility index (Phi) is 6.68. The Hall–Kier alpha value is -2.13. The molecule has 1 aliphatic rings. The molecule has 0 saturated carbocycles. The van der Waals surface area contributed by atoms with E-state index in [2.05, 4.69) is 30.4 Å². The van der Waals surface area contributed by atoms with Gasteiger partial charge in [-0.25, -0.2) is 0 Å². The second-order valence-corrected chi connectivity index (χ2v) is 7.94. The average molecular weight is 365 g/mol. The minimum Gasteiger partial charge on any atom is -0.349 e. The van der Waals surface area contributed by atoms with Gasteiger partial charge in [0.2, 0.25) is 0 Å². The fourth-order valence-corrected chi connectivity index (χ4v) is 3.83. The lowest BCUT2D eigenvalue weighted by Gasteiger charge is -2.26. The predicted molar refractivity (Wildman–Crippen MR) is 112 cm³/mol. The van der Waals surface area contributed by atoms with E-state index in [0.717, 1.165) is 50.5 Å². The van der Waals surface area contributed by atoms with Gasteiger partial charge in [0.1, 0.15) is 0 Å². The monoisotopic (exact) mass is 364 g/mol. The SMILES string of the molecule is CCC(N)CCCc1ccc2c(c1)CCC(NC(=O)c1ccc(C)cc1)C2. The lowest BCUT2D eigenvalue weighted by molar-refractivity contribution is 0.0933. The van der Waals surface area contributed by atoms with Crippen LogP contribution in [0.15, 0.2) is 42.5 Å². The number of aryl methyl sites for hydroxylation is 3. The average Bonchev–Trinajstić information content (AvgIpc) is 2.68. The van der Waals surface area contributed by atoms with Gasteiger partial charge in [0.25, 0.3) is 5.91 Å². The summed E-state index contributed by atoms with van der Waals surface area (Å²) in [5.41, 5.74) is 12.2. The molecule has 0 saturated heterocycles. The molecule has 3 nitrogen and oxygen atoms in total. The fraction of sp³-hybridized carbons (Fsp3) is 0.458. The van der Waals surface area contributed by atoms with Crippen LogP contribution in [0.1, 0.15) is 65.2 Å². The van der Waals surface area contributed by atoms with Crippen LogP contribution < -0.4 is 11.1 Å². The zero-order valence-electron chi connectivity index (χ0n) is 16.6. The van der Waals surface area contributed by atoms with Crippen molar-refractivity contribution in [2.75, 3.05) is 0 Å². The zero-order valence-corrected chi connectivity index (χ0v) is 16.6. The van der Waals surface area contributed by atoms with Crippen LogP contribution in [-0.4, -0.2) is 18.0 Å². The van der Waals surface area contributed by atoms with Crippen LogP contribution in [0.5, 0.6) is 0 Å². The highest BCUT2D eigenvalue weighted by molar-refractivity contribution is 5.94. The van der Waals surface area contributed by atoms with E-state index < -0.39 is 0 Å². The Bertz CT molecular complexity index is 766. The first kappa shape index (κ1) is 19.6. The predicted octanol–water partition coefficient (Wildman–Crippen LogP) is 4.34. The minimum absolute atomic E-state index is 0.0346. The third kappa shape index (κ3) is 5.43. The quantitative estimate of drug-likeness (QED) is 0.768. The Morgan fingerprint density at radius 2 is 1.96 bits per heavy atom. The van der Waals surface area contributed by atoms with Crippen molar-refractivity contribution in [1.82, 2.24) is 5.32 Å². The van der Waals surface area contributed by atoms with Crippen molar-refractivity contribution < 1.29 is 4.79 Å². The van der Waals surface area contributed by atoms with Crippen LogP contribution in [0.3, 0.4) is 0 Å². The molecule has 0 fully saturated rings. The minimum atomic E-state index is 0.0346. The van der Waals surface area contributed by atoms with E-state index in [-0.39, 0.29) is 11.9 Å². The van der Waals surface area contributed by atoms with Crippen molar-refractivity contribution in [1.29, 1.82) is 0 Å². The Morgan fingerprint density at radius 1 is 1.19 bits per heavy atom. The number of nitrogens with one attached hydrogen (secondary N) is 1. The van der Waals surface area contributed by atoms with Gasteiger partial charge in [-0.05, 0) is 80.7 Å². The third-order valence-corrected chi connectivity index (χ3v) is 5.71. The molecule has 144 valence electrons. The van der Waals surface area contributed by atoms with Crippen LogP contribution in [0.2, 0.25) is 0 Å². The van der Waals surface area contributed by atoms with E-state index in [1.807, 2.05) is 31.2 Å². The first-order chi connectivity index (χ1) is 13.0. The summed E-state index contributed by atoms with van der Waals surface area (Å²) in [4.78, 5) is 12.5. The molecule has 1 aliphatic carbocycles. The van der Waals surface area contributed by atoms with Crippen molar-refractivity contribution >= 4 is 5.91 Å². The van der Waals surface area contributed by atoms with E-state index in [9.17, 15) is 4.79 Å². The molecule has 3 rings (SSSR count). The van der Waals surface area contributed by atoms with E-state index in [0.29, 0.717) is 6.04 Å². The second kappa shape index (κ2) is 9.18. The van der Waals surface area contributed by atoms with Crippen molar-refractivity contribution in [2.24, 2.45) is 5.73 Å². The van der Waals surface area contributed by atoms with Gasteiger partial charge >= 0.3 is 0 Å². The number of rotatable bonds is 7. The molecule has 2 atom stereocenters. The maximum Gasteiger partial charge on any atom is 0.251 e. The van der Waals surface area contributed by atoms with Gasteiger partial charge < -0.3 is 11.1 Å². The molecule has 0 aromatic heterocycles. The standard InChI is InChI=1S/C24H32N2O/c1-3-22(25)6-4-5-18-9-12-21-16-23(14-13-20(21)15-18)26-24(27)19-10-7-17(2)8-11-19/h7-12,15,22-23H,3-6,13-14,16,25H2,1-2H3,(H,26,27). The van der Waals surface area contributed by atoms with Gasteiger partial charge in [0, 0.05) is 17.6 Å². The van der Waals surface area contributed by atoms with E-state index >= 15 is 0 Å². The lowest BCUT2D eigenvalue weighted by Crippen LogP contribution is -2.38. The number of benzene rings is 2. The van der Waals surface area contributed by atoms with Crippen LogP contribution in [0.25, 0.3) is 0 Å². The molecule has 3 heteroatoms. The Labute approximate surface area is 163 Å². The van der Waals surface area contributed by atoms with Crippen molar-refractivity contribution in [3.05, 3.63) is 70.3 Å². The number of hydrogen-bond donors (Lipinski definition) is 2. The fourth-order valence-electron chi connectivity index (χ4n) is 3.83. The normalized spacial score (nSPS) is 17.2. The molecule has 2 unspecified atom stereocenters. The van der Waals surface area contributed by atoms with Crippen molar-refractivity contribution in [3.8, 4) is 0 Å². The molecule has 2 aromatic carbocycles.